The Hall–Kier alpha value is -3.81. The van der Waals surface area contributed by atoms with Crippen molar-refractivity contribution in [2.45, 2.75) is 36.6 Å². The fourth-order valence-corrected chi connectivity index (χ4v) is 4.23. The molecule has 1 saturated carbocycles. The van der Waals surface area contributed by atoms with E-state index < -0.39 is 28.9 Å². The van der Waals surface area contributed by atoms with Crippen LogP contribution in [0, 0.1) is 0 Å². The van der Waals surface area contributed by atoms with Crippen molar-refractivity contribution in [2.75, 3.05) is 24.3 Å². The van der Waals surface area contributed by atoms with Crippen LogP contribution in [0.3, 0.4) is 0 Å². The van der Waals surface area contributed by atoms with Crippen molar-refractivity contribution in [3.8, 4) is 11.9 Å². The van der Waals surface area contributed by atoms with Crippen molar-refractivity contribution in [2.24, 2.45) is 0 Å². The van der Waals surface area contributed by atoms with Crippen LogP contribution in [-0.2, 0) is 21.4 Å². The fourth-order valence-electron chi connectivity index (χ4n) is 3.24. The predicted molar refractivity (Wildman–Crippen MR) is 120 cm³/mol. The number of ether oxygens (including phenoxy) is 2. The highest BCUT2D eigenvalue weighted by Crippen LogP contribution is 2.40. The van der Waals surface area contributed by atoms with Gasteiger partial charge in [0.25, 0.3) is 16.4 Å². The number of benzene rings is 1. The number of carbonyl (C=O) groups excluding carboxylic acids is 1. The van der Waals surface area contributed by atoms with Crippen LogP contribution in [0.2, 0.25) is 0 Å². The van der Waals surface area contributed by atoms with Crippen LogP contribution in [0.5, 0.6) is 11.9 Å². The number of halogens is 2. The van der Waals surface area contributed by atoms with Gasteiger partial charge in [-0.15, -0.1) is 0 Å². The monoisotopic (exact) mass is 508 g/mol. The maximum atomic E-state index is 13.3. The molecule has 2 N–H and O–H groups in total. The predicted octanol–water partition coefficient (Wildman–Crippen LogP) is 2.94. The van der Waals surface area contributed by atoms with Gasteiger partial charge in [-0.25, -0.2) is 17.2 Å². The highest BCUT2D eigenvalue weighted by Gasteiger charge is 2.29. The Morgan fingerprint density at radius 1 is 1.14 bits per heavy atom. The summed E-state index contributed by atoms with van der Waals surface area (Å²) in [5.74, 6) is -0.370. The van der Waals surface area contributed by atoms with Crippen LogP contribution in [0.15, 0.2) is 41.3 Å². The summed E-state index contributed by atoms with van der Waals surface area (Å²) in [5, 5.41) is 6.70. The summed E-state index contributed by atoms with van der Waals surface area (Å²) in [7, 11) is -1.35. The Bertz CT molecular complexity index is 1300. The second kappa shape index (κ2) is 9.82. The van der Waals surface area contributed by atoms with Gasteiger partial charge in [0.05, 0.1) is 24.8 Å². The van der Waals surface area contributed by atoms with E-state index in [1.165, 1.54) is 50.6 Å². The first-order valence-corrected chi connectivity index (χ1v) is 11.9. The summed E-state index contributed by atoms with van der Waals surface area (Å²) in [6, 6.07) is 7.84. The summed E-state index contributed by atoms with van der Waals surface area (Å²) >= 11 is 0. The van der Waals surface area contributed by atoms with E-state index in [1.54, 1.807) is 0 Å². The molecule has 3 aromatic rings. The first kappa shape index (κ1) is 24.3. The van der Waals surface area contributed by atoms with Gasteiger partial charge < -0.3 is 14.8 Å². The number of aromatic nitrogens is 4. The van der Waals surface area contributed by atoms with E-state index >= 15 is 0 Å². The minimum atomic E-state index is -4.03. The smallest absolute Gasteiger partial charge is 0.321 e. The number of nitrogens with zero attached hydrogens (tertiary/aromatic N) is 4. The van der Waals surface area contributed by atoms with Gasteiger partial charge in [0.1, 0.15) is 12.2 Å². The van der Waals surface area contributed by atoms with E-state index in [-0.39, 0.29) is 39.9 Å². The highest BCUT2D eigenvalue weighted by molar-refractivity contribution is 7.92. The molecule has 0 spiro atoms. The molecule has 11 nitrogen and oxygen atoms in total. The van der Waals surface area contributed by atoms with Crippen LogP contribution < -0.4 is 19.5 Å². The van der Waals surface area contributed by atoms with Crippen LogP contribution in [0.1, 0.15) is 36.6 Å². The van der Waals surface area contributed by atoms with Gasteiger partial charge in [0.15, 0.2) is 5.82 Å². The van der Waals surface area contributed by atoms with Crippen LogP contribution in [-0.4, -0.2) is 48.3 Å². The highest BCUT2D eigenvalue weighted by atomic mass is 32.2. The zero-order valence-corrected chi connectivity index (χ0v) is 19.6. The zero-order valence-electron chi connectivity index (χ0n) is 18.7. The fraction of sp³-hybridized carbons (Fsp3) is 0.333. The van der Waals surface area contributed by atoms with Crippen molar-refractivity contribution in [1.82, 2.24) is 19.7 Å². The maximum Gasteiger partial charge on any atom is 0.321 e. The molecule has 2 aromatic heterocycles. The molecule has 4 rings (SSSR count). The third-order valence-corrected chi connectivity index (χ3v) is 6.47. The molecule has 186 valence electrons. The molecule has 0 radical (unpaired) electrons. The first-order valence-electron chi connectivity index (χ1n) is 10.4. The summed E-state index contributed by atoms with van der Waals surface area (Å²) < 4.78 is 65.3. The topological polar surface area (TPSA) is 137 Å². The van der Waals surface area contributed by atoms with Crippen molar-refractivity contribution in [1.29, 1.82) is 0 Å². The molecule has 0 bridgehead atoms. The Balaban J connectivity index is 1.43. The maximum absolute atomic E-state index is 13.3. The normalized spacial score (nSPS) is 13.5. The van der Waals surface area contributed by atoms with Gasteiger partial charge in [0, 0.05) is 17.7 Å². The molecule has 0 saturated heterocycles. The lowest BCUT2D eigenvalue weighted by Crippen LogP contribution is -2.21. The van der Waals surface area contributed by atoms with E-state index in [2.05, 4.69) is 25.1 Å². The number of carbonyl (C=O) groups is 1. The largest absolute Gasteiger partial charge is 0.481 e. The molecular formula is C21H22F2N6O5S. The van der Waals surface area contributed by atoms with E-state index in [9.17, 15) is 22.0 Å². The van der Waals surface area contributed by atoms with E-state index in [0.29, 0.717) is 5.69 Å². The second-order valence-corrected chi connectivity index (χ2v) is 9.37. The lowest BCUT2D eigenvalue weighted by atomic mass is 10.3. The summed E-state index contributed by atoms with van der Waals surface area (Å²) in [6.45, 7) is -0.397. The van der Waals surface area contributed by atoms with E-state index in [0.717, 1.165) is 17.5 Å². The SMILES string of the molecule is COc1cc(NS(=O)(=O)c2ccc(NC(=O)Cn3nc(C4CC4)cc3C(F)F)cc2)nc(OC)n1. The minimum absolute atomic E-state index is 0.0642. The van der Waals surface area contributed by atoms with Gasteiger partial charge in [-0.3, -0.25) is 14.2 Å². The quantitative estimate of drug-likeness (QED) is 0.426. The molecule has 1 aromatic carbocycles. The van der Waals surface area contributed by atoms with Gasteiger partial charge in [-0.2, -0.15) is 15.1 Å². The van der Waals surface area contributed by atoms with E-state index in [4.69, 9.17) is 9.47 Å². The average molecular weight is 509 g/mol. The van der Waals surface area contributed by atoms with Crippen molar-refractivity contribution in [3.63, 3.8) is 0 Å². The Kier molecular flexibility index (Phi) is 6.82. The number of methoxy groups -OCH3 is 2. The third-order valence-electron chi connectivity index (χ3n) is 5.10. The Morgan fingerprint density at radius 3 is 2.46 bits per heavy atom. The molecule has 1 aliphatic rings. The number of rotatable bonds is 10. The molecule has 14 heteroatoms. The molecule has 1 fully saturated rings. The zero-order chi connectivity index (χ0) is 25.2. The molecule has 0 aliphatic heterocycles. The van der Waals surface area contributed by atoms with Crippen LogP contribution in [0.25, 0.3) is 0 Å². The lowest BCUT2D eigenvalue weighted by Gasteiger charge is -2.11. The minimum Gasteiger partial charge on any atom is -0.481 e. The Labute approximate surface area is 199 Å². The second-order valence-electron chi connectivity index (χ2n) is 7.69. The van der Waals surface area contributed by atoms with Crippen LogP contribution in [0.4, 0.5) is 20.3 Å². The van der Waals surface area contributed by atoms with E-state index in [1.807, 2.05) is 0 Å². The molecule has 1 aliphatic carbocycles. The number of alkyl halides is 2. The molecule has 2 heterocycles. The van der Waals surface area contributed by atoms with Gasteiger partial charge >= 0.3 is 6.01 Å². The van der Waals surface area contributed by atoms with Gasteiger partial charge in [-0.05, 0) is 43.2 Å². The number of anilines is 2. The standard InChI is InChI=1S/C21H22F2N6O5S/c1-33-19-10-17(25-21(26-19)34-2)28-35(31,32)14-7-5-13(6-8-14)24-18(30)11-29-16(20(22)23)9-15(27-29)12-3-4-12/h5-10,12,20H,3-4,11H2,1-2H3,(H,24,30)(H,25,26,28). The Morgan fingerprint density at radius 2 is 1.86 bits per heavy atom. The summed E-state index contributed by atoms with van der Waals surface area (Å²) in [4.78, 5) is 20.1. The number of hydrogen-bond acceptors (Lipinski definition) is 8. The van der Waals surface area contributed by atoms with Crippen LogP contribution >= 0.6 is 0 Å². The van der Waals surface area contributed by atoms with Crippen molar-refractivity contribution >= 4 is 27.4 Å². The molecule has 1 amide bonds. The van der Waals surface area contributed by atoms with Gasteiger partial charge in [-0.1, -0.05) is 0 Å². The number of hydrogen-bond donors (Lipinski definition) is 2. The summed E-state index contributed by atoms with van der Waals surface area (Å²) in [6.07, 6.45) is -0.961. The molecular weight excluding hydrogens is 486 g/mol. The molecule has 0 unspecified atom stereocenters. The average Bonchev–Trinajstić information content (AvgIpc) is 3.58. The number of amides is 1. The van der Waals surface area contributed by atoms with Crippen molar-refractivity contribution in [3.05, 3.63) is 47.8 Å². The lowest BCUT2D eigenvalue weighted by molar-refractivity contribution is -0.117. The number of sulfonamides is 1. The first-order chi connectivity index (χ1) is 16.7. The summed E-state index contributed by atoms with van der Waals surface area (Å²) in [5.41, 5.74) is 0.536. The van der Waals surface area contributed by atoms with Crippen molar-refractivity contribution < 1.29 is 31.5 Å². The third kappa shape index (κ3) is 5.82. The molecule has 0 atom stereocenters. The molecule has 35 heavy (non-hydrogen) atoms. The number of nitrogens with one attached hydrogen (secondary N) is 2. The van der Waals surface area contributed by atoms with Gasteiger partial charge in [0.2, 0.25) is 11.8 Å².